The second kappa shape index (κ2) is 5.46. The zero-order valence-electron chi connectivity index (χ0n) is 11.9. The van der Waals surface area contributed by atoms with Crippen LogP contribution in [-0.4, -0.2) is 53.1 Å². The summed E-state index contributed by atoms with van der Waals surface area (Å²) >= 11 is 0. The lowest BCUT2D eigenvalue weighted by molar-refractivity contribution is -0.127. The summed E-state index contributed by atoms with van der Waals surface area (Å²) in [5.41, 5.74) is 1.08. The number of likely N-dealkylation sites (tertiary alicyclic amines) is 1. The highest BCUT2D eigenvalue weighted by molar-refractivity contribution is 5.79. The van der Waals surface area contributed by atoms with E-state index in [4.69, 9.17) is 4.74 Å². The van der Waals surface area contributed by atoms with Crippen LogP contribution in [0.3, 0.4) is 0 Å². The van der Waals surface area contributed by atoms with E-state index in [0.717, 1.165) is 37.5 Å². The molecule has 6 heteroatoms. The van der Waals surface area contributed by atoms with Crippen molar-refractivity contribution in [2.75, 3.05) is 20.2 Å². The molecule has 3 rings (SSSR count). The number of nitrogens with zero attached hydrogens (tertiary/aromatic N) is 3. The first-order valence-corrected chi connectivity index (χ1v) is 7.04. The van der Waals surface area contributed by atoms with E-state index in [1.54, 1.807) is 7.05 Å². The van der Waals surface area contributed by atoms with Crippen molar-refractivity contribution in [3.05, 3.63) is 23.8 Å². The lowest BCUT2D eigenvalue weighted by Gasteiger charge is -2.21. The number of fused-ring (bicyclic) bond motifs is 1. The van der Waals surface area contributed by atoms with Crippen LogP contribution in [0.4, 0.5) is 0 Å². The van der Waals surface area contributed by atoms with Crippen molar-refractivity contribution in [2.24, 2.45) is 5.92 Å². The molecule has 0 saturated carbocycles. The van der Waals surface area contributed by atoms with Crippen LogP contribution < -0.4 is 5.32 Å². The number of aryl methyl sites for hydroxylation is 1. The molecule has 2 saturated heterocycles. The van der Waals surface area contributed by atoms with Crippen LogP contribution in [0.15, 0.2) is 12.4 Å². The maximum atomic E-state index is 12.0. The molecule has 2 aliphatic rings. The molecule has 2 fully saturated rings. The molecule has 1 N–H and O–H groups in total. The summed E-state index contributed by atoms with van der Waals surface area (Å²) in [6.07, 6.45) is 4.74. The average molecular weight is 276 g/mol. The molecule has 6 nitrogen and oxygen atoms in total. The molecular formula is C14H20N4O2. The number of rotatable bonds is 3. The fraction of sp³-hybridized carbons (Fsp3) is 0.643. The second-order valence-corrected chi connectivity index (χ2v) is 5.48. The highest BCUT2D eigenvalue weighted by Gasteiger charge is 2.48. The summed E-state index contributed by atoms with van der Waals surface area (Å²) in [4.78, 5) is 22.7. The van der Waals surface area contributed by atoms with Crippen molar-refractivity contribution in [1.82, 2.24) is 20.2 Å². The summed E-state index contributed by atoms with van der Waals surface area (Å²) in [7, 11) is 1.68. The number of aromatic nitrogens is 2. The Kier molecular flexibility index (Phi) is 3.67. The van der Waals surface area contributed by atoms with Crippen molar-refractivity contribution in [2.45, 2.75) is 32.0 Å². The van der Waals surface area contributed by atoms with Gasteiger partial charge < -0.3 is 10.1 Å². The van der Waals surface area contributed by atoms with Crippen LogP contribution in [0.5, 0.6) is 0 Å². The summed E-state index contributed by atoms with van der Waals surface area (Å²) in [6, 6.07) is 0.332. The fourth-order valence-electron chi connectivity index (χ4n) is 3.20. The molecule has 0 bridgehead atoms. The highest BCUT2D eigenvalue weighted by Crippen LogP contribution is 2.34. The standard InChI is InChI=1S/C14H20N4O2/c1-9-16-5-10(6-17-9)7-18-8-11(14(19)15-2)13-12(18)3-4-20-13/h5-6,11-13H,3-4,7-8H2,1-2H3,(H,15,19)/t11-,12+,13+/m0/s1. The van der Waals surface area contributed by atoms with E-state index >= 15 is 0 Å². The molecule has 2 aliphatic heterocycles. The van der Waals surface area contributed by atoms with Gasteiger partial charge in [-0.2, -0.15) is 0 Å². The minimum atomic E-state index is -0.0705. The molecule has 0 unspecified atom stereocenters. The van der Waals surface area contributed by atoms with Crippen LogP contribution in [0.25, 0.3) is 0 Å². The minimum absolute atomic E-state index is 0.0290. The lowest BCUT2D eigenvalue weighted by atomic mass is 10.0. The van der Waals surface area contributed by atoms with E-state index < -0.39 is 0 Å². The first-order valence-electron chi connectivity index (χ1n) is 7.04. The van der Waals surface area contributed by atoms with Gasteiger partial charge in [0.2, 0.25) is 5.91 Å². The Hall–Kier alpha value is -1.53. The number of nitrogens with one attached hydrogen (secondary N) is 1. The SMILES string of the molecule is CNC(=O)[C@H]1CN(Cc2cnc(C)nc2)[C@@H]2CCO[C@H]12. The molecule has 1 amide bonds. The molecule has 0 radical (unpaired) electrons. The molecule has 3 heterocycles. The Bertz CT molecular complexity index is 490. The van der Waals surface area contributed by atoms with E-state index in [1.807, 2.05) is 19.3 Å². The van der Waals surface area contributed by atoms with Gasteiger partial charge >= 0.3 is 0 Å². The predicted molar refractivity (Wildman–Crippen MR) is 72.9 cm³/mol. The zero-order valence-corrected chi connectivity index (χ0v) is 11.9. The third-order valence-corrected chi connectivity index (χ3v) is 4.20. The highest BCUT2D eigenvalue weighted by atomic mass is 16.5. The molecule has 0 aliphatic carbocycles. The van der Waals surface area contributed by atoms with Crippen molar-refractivity contribution in [1.29, 1.82) is 0 Å². The smallest absolute Gasteiger partial charge is 0.226 e. The lowest BCUT2D eigenvalue weighted by Crippen LogP contribution is -2.36. The molecule has 0 spiro atoms. The molecule has 108 valence electrons. The first-order chi connectivity index (χ1) is 9.69. The van der Waals surface area contributed by atoms with Crippen molar-refractivity contribution in [3.63, 3.8) is 0 Å². The van der Waals surface area contributed by atoms with Gasteiger partial charge in [0, 0.05) is 50.7 Å². The third-order valence-electron chi connectivity index (χ3n) is 4.20. The van der Waals surface area contributed by atoms with E-state index in [1.165, 1.54) is 0 Å². The van der Waals surface area contributed by atoms with Crippen molar-refractivity contribution in [3.8, 4) is 0 Å². The molecular weight excluding hydrogens is 256 g/mol. The second-order valence-electron chi connectivity index (χ2n) is 5.48. The zero-order chi connectivity index (χ0) is 14.1. The van der Waals surface area contributed by atoms with Crippen LogP contribution in [0, 0.1) is 12.8 Å². The van der Waals surface area contributed by atoms with Gasteiger partial charge in [-0.05, 0) is 13.3 Å². The summed E-state index contributed by atoms with van der Waals surface area (Å²) in [6.45, 7) is 4.13. The number of ether oxygens (including phenoxy) is 1. The van der Waals surface area contributed by atoms with Crippen LogP contribution in [0.2, 0.25) is 0 Å². The quantitative estimate of drug-likeness (QED) is 0.849. The largest absolute Gasteiger partial charge is 0.376 e. The minimum Gasteiger partial charge on any atom is -0.376 e. The van der Waals surface area contributed by atoms with Crippen molar-refractivity contribution < 1.29 is 9.53 Å². The van der Waals surface area contributed by atoms with Gasteiger partial charge in [0.1, 0.15) is 5.82 Å². The Labute approximate surface area is 118 Å². The van der Waals surface area contributed by atoms with Crippen LogP contribution in [0.1, 0.15) is 17.8 Å². The fourth-order valence-corrected chi connectivity index (χ4v) is 3.20. The van der Waals surface area contributed by atoms with Crippen LogP contribution in [-0.2, 0) is 16.1 Å². The number of carbonyl (C=O) groups is 1. The third kappa shape index (κ3) is 2.41. The Morgan fingerprint density at radius 2 is 2.25 bits per heavy atom. The van der Waals surface area contributed by atoms with Crippen molar-refractivity contribution >= 4 is 5.91 Å². The molecule has 20 heavy (non-hydrogen) atoms. The number of amides is 1. The summed E-state index contributed by atoms with van der Waals surface area (Å²) in [5, 5.41) is 2.74. The van der Waals surface area contributed by atoms with E-state index in [0.29, 0.717) is 6.04 Å². The van der Waals surface area contributed by atoms with Gasteiger partial charge in [0.05, 0.1) is 12.0 Å². The average Bonchev–Trinajstić information content (AvgIpc) is 3.04. The summed E-state index contributed by atoms with van der Waals surface area (Å²) in [5.74, 6) is 0.781. The van der Waals surface area contributed by atoms with E-state index in [-0.39, 0.29) is 17.9 Å². The number of hydrogen-bond donors (Lipinski definition) is 1. The maximum absolute atomic E-state index is 12.0. The van der Waals surface area contributed by atoms with E-state index in [2.05, 4.69) is 20.2 Å². The Balaban J connectivity index is 1.73. The molecule has 1 aromatic rings. The molecule has 0 aromatic carbocycles. The number of carbonyl (C=O) groups excluding carboxylic acids is 1. The van der Waals surface area contributed by atoms with Gasteiger partial charge in [-0.3, -0.25) is 9.69 Å². The monoisotopic (exact) mass is 276 g/mol. The first kappa shape index (κ1) is 13.5. The van der Waals surface area contributed by atoms with Crippen LogP contribution >= 0.6 is 0 Å². The van der Waals surface area contributed by atoms with E-state index in [9.17, 15) is 4.79 Å². The van der Waals surface area contributed by atoms with Gasteiger partial charge in [0.15, 0.2) is 0 Å². The van der Waals surface area contributed by atoms with Gasteiger partial charge in [-0.25, -0.2) is 9.97 Å². The maximum Gasteiger partial charge on any atom is 0.226 e. The summed E-state index contributed by atoms with van der Waals surface area (Å²) < 4.78 is 5.77. The normalized spacial score (nSPS) is 29.4. The molecule has 3 atom stereocenters. The number of hydrogen-bond acceptors (Lipinski definition) is 5. The Morgan fingerprint density at radius 1 is 1.50 bits per heavy atom. The Morgan fingerprint density at radius 3 is 2.95 bits per heavy atom. The van der Waals surface area contributed by atoms with Gasteiger partial charge in [0.25, 0.3) is 0 Å². The predicted octanol–water partition coefficient (Wildman–Crippen LogP) is 0.120. The topological polar surface area (TPSA) is 67.4 Å². The molecule has 1 aromatic heterocycles. The van der Waals surface area contributed by atoms with Gasteiger partial charge in [-0.1, -0.05) is 0 Å². The van der Waals surface area contributed by atoms with Gasteiger partial charge in [-0.15, -0.1) is 0 Å².